The summed E-state index contributed by atoms with van der Waals surface area (Å²) >= 11 is 0. The largest absolute Gasteiger partial charge is 0.506 e. The Morgan fingerprint density at radius 3 is 2.46 bits per heavy atom. The molecule has 0 saturated heterocycles. The van der Waals surface area contributed by atoms with Crippen LogP contribution in [0.1, 0.15) is 16.1 Å². The first kappa shape index (κ1) is 14.3. The number of benzene rings is 2. The van der Waals surface area contributed by atoms with Crippen molar-refractivity contribution in [1.29, 1.82) is 0 Å². The van der Waals surface area contributed by atoms with Gasteiger partial charge in [0.05, 0.1) is 11.8 Å². The molecular weight excluding hydrogens is 308 g/mol. The van der Waals surface area contributed by atoms with Crippen molar-refractivity contribution >= 4 is 27.7 Å². The maximum atomic E-state index is 12.5. The SMILES string of the molecule is O=C(Cc1cc2ccccc2o1)c1c(O)c2ccccc2oc1=O. The first-order valence-corrected chi connectivity index (χ1v) is 7.39. The third-order valence-electron chi connectivity index (χ3n) is 3.88. The Kier molecular flexibility index (Phi) is 3.20. The van der Waals surface area contributed by atoms with Crippen molar-refractivity contribution in [3.05, 3.63) is 76.3 Å². The molecule has 0 aliphatic rings. The van der Waals surface area contributed by atoms with Crippen LogP contribution >= 0.6 is 0 Å². The highest BCUT2D eigenvalue weighted by atomic mass is 16.4. The summed E-state index contributed by atoms with van der Waals surface area (Å²) in [5, 5.41) is 11.5. The summed E-state index contributed by atoms with van der Waals surface area (Å²) in [4.78, 5) is 24.6. The van der Waals surface area contributed by atoms with Gasteiger partial charge in [0.2, 0.25) is 0 Å². The van der Waals surface area contributed by atoms with E-state index in [1.165, 1.54) is 0 Å². The van der Waals surface area contributed by atoms with Crippen molar-refractivity contribution in [2.45, 2.75) is 6.42 Å². The lowest BCUT2D eigenvalue weighted by Gasteiger charge is -2.04. The monoisotopic (exact) mass is 320 g/mol. The molecule has 2 aromatic carbocycles. The number of hydrogen-bond acceptors (Lipinski definition) is 5. The highest BCUT2D eigenvalue weighted by Gasteiger charge is 2.22. The summed E-state index contributed by atoms with van der Waals surface area (Å²) in [6.45, 7) is 0. The van der Waals surface area contributed by atoms with Gasteiger partial charge in [-0.25, -0.2) is 4.79 Å². The second-order valence-corrected chi connectivity index (χ2v) is 5.46. The number of furan rings is 1. The zero-order chi connectivity index (χ0) is 16.7. The number of aromatic hydroxyl groups is 1. The van der Waals surface area contributed by atoms with Crippen LogP contribution in [0.15, 0.2) is 68.2 Å². The van der Waals surface area contributed by atoms with Crippen molar-refractivity contribution in [1.82, 2.24) is 0 Å². The lowest BCUT2D eigenvalue weighted by molar-refractivity contribution is 0.0981. The van der Waals surface area contributed by atoms with Gasteiger partial charge in [0.25, 0.3) is 0 Å². The summed E-state index contributed by atoms with van der Waals surface area (Å²) < 4.78 is 10.7. The standard InChI is InChI=1S/C19H12O5/c20-14(10-12-9-11-5-1-3-7-15(11)23-12)17-18(21)13-6-2-4-8-16(13)24-19(17)22/h1-9,21H,10H2. The van der Waals surface area contributed by atoms with E-state index in [-0.39, 0.29) is 23.3 Å². The van der Waals surface area contributed by atoms with Gasteiger partial charge in [-0.15, -0.1) is 0 Å². The highest BCUT2D eigenvalue weighted by molar-refractivity contribution is 6.03. The molecule has 0 fully saturated rings. The van der Waals surface area contributed by atoms with Gasteiger partial charge in [-0.2, -0.15) is 0 Å². The van der Waals surface area contributed by atoms with Crippen LogP contribution < -0.4 is 5.63 Å². The zero-order valence-corrected chi connectivity index (χ0v) is 12.5. The first-order chi connectivity index (χ1) is 11.6. The Hall–Kier alpha value is -3.34. The Morgan fingerprint density at radius 2 is 1.67 bits per heavy atom. The fourth-order valence-corrected chi connectivity index (χ4v) is 2.75. The molecule has 118 valence electrons. The Bertz CT molecular complexity index is 1100. The molecule has 0 aliphatic carbocycles. The molecule has 5 heteroatoms. The number of para-hydroxylation sites is 2. The predicted octanol–water partition coefficient (Wildman–Crippen LogP) is 3.67. The quantitative estimate of drug-likeness (QED) is 0.460. The molecule has 2 aromatic heterocycles. The molecule has 0 unspecified atom stereocenters. The molecule has 0 amide bonds. The minimum Gasteiger partial charge on any atom is -0.506 e. The molecule has 5 nitrogen and oxygen atoms in total. The third-order valence-corrected chi connectivity index (χ3v) is 3.88. The number of fused-ring (bicyclic) bond motifs is 2. The smallest absolute Gasteiger partial charge is 0.351 e. The van der Waals surface area contributed by atoms with Gasteiger partial charge in [0, 0.05) is 5.39 Å². The Balaban J connectivity index is 1.76. The van der Waals surface area contributed by atoms with Crippen molar-refractivity contribution in [3.8, 4) is 5.75 Å². The highest BCUT2D eigenvalue weighted by Crippen LogP contribution is 2.27. The Labute approximate surface area is 135 Å². The van der Waals surface area contributed by atoms with Gasteiger partial charge in [-0.3, -0.25) is 4.79 Å². The first-order valence-electron chi connectivity index (χ1n) is 7.39. The summed E-state index contributed by atoms with van der Waals surface area (Å²) in [5.41, 5.74) is -0.308. The second kappa shape index (κ2) is 5.38. The van der Waals surface area contributed by atoms with Crippen molar-refractivity contribution in [3.63, 3.8) is 0 Å². The van der Waals surface area contributed by atoms with Crippen LogP contribution in [0.3, 0.4) is 0 Å². The van der Waals surface area contributed by atoms with Crippen LogP contribution in [0, 0.1) is 0 Å². The molecule has 4 aromatic rings. The van der Waals surface area contributed by atoms with Gasteiger partial charge >= 0.3 is 5.63 Å². The third kappa shape index (κ3) is 2.27. The molecule has 0 bridgehead atoms. The van der Waals surface area contributed by atoms with Crippen LogP contribution in [0.2, 0.25) is 0 Å². The summed E-state index contributed by atoms with van der Waals surface area (Å²) in [6, 6.07) is 15.6. The summed E-state index contributed by atoms with van der Waals surface area (Å²) in [7, 11) is 0. The summed E-state index contributed by atoms with van der Waals surface area (Å²) in [6.07, 6.45) is -0.134. The second-order valence-electron chi connectivity index (χ2n) is 5.46. The predicted molar refractivity (Wildman–Crippen MR) is 88.4 cm³/mol. The average Bonchev–Trinajstić information content (AvgIpc) is 2.97. The van der Waals surface area contributed by atoms with Gasteiger partial charge in [-0.1, -0.05) is 30.3 Å². The number of ketones is 1. The molecular formula is C19H12O5. The van der Waals surface area contributed by atoms with E-state index in [1.54, 1.807) is 36.4 Å². The van der Waals surface area contributed by atoms with E-state index in [0.29, 0.717) is 16.7 Å². The fourth-order valence-electron chi connectivity index (χ4n) is 2.75. The van der Waals surface area contributed by atoms with E-state index in [2.05, 4.69) is 0 Å². The van der Waals surface area contributed by atoms with Gasteiger partial charge in [0.15, 0.2) is 5.78 Å². The normalized spacial score (nSPS) is 11.2. The van der Waals surface area contributed by atoms with Crippen LogP contribution in [0.4, 0.5) is 0 Å². The molecule has 2 heterocycles. The van der Waals surface area contributed by atoms with Gasteiger partial charge in [0.1, 0.15) is 28.2 Å². The number of carbonyl (C=O) groups is 1. The fraction of sp³-hybridized carbons (Fsp3) is 0.0526. The van der Waals surface area contributed by atoms with Gasteiger partial charge in [-0.05, 0) is 24.3 Å². The van der Waals surface area contributed by atoms with E-state index in [0.717, 1.165) is 5.39 Å². The number of hydrogen-bond donors (Lipinski definition) is 1. The molecule has 0 spiro atoms. The van der Waals surface area contributed by atoms with E-state index in [9.17, 15) is 14.7 Å². The van der Waals surface area contributed by atoms with Crippen LogP contribution in [-0.2, 0) is 6.42 Å². The number of Topliss-reactive ketones (excluding diaryl/α,β-unsaturated/α-hetero) is 1. The average molecular weight is 320 g/mol. The maximum absolute atomic E-state index is 12.5. The molecule has 0 radical (unpaired) electrons. The van der Waals surface area contributed by atoms with Crippen LogP contribution in [0.5, 0.6) is 5.75 Å². The molecule has 0 aliphatic heterocycles. The van der Waals surface area contributed by atoms with Crippen molar-refractivity contribution in [2.24, 2.45) is 0 Å². The van der Waals surface area contributed by atoms with Crippen molar-refractivity contribution < 1.29 is 18.7 Å². The molecule has 1 N–H and O–H groups in total. The minimum atomic E-state index is -0.854. The maximum Gasteiger partial charge on any atom is 0.351 e. The zero-order valence-electron chi connectivity index (χ0n) is 12.5. The molecule has 0 atom stereocenters. The minimum absolute atomic E-state index is 0.134. The van der Waals surface area contributed by atoms with E-state index in [4.69, 9.17) is 8.83 Å². The van der Waals surface area contributed by atoms with Crippen LogP contribution in [-0.4, -0.2) is 10.9 Å². The topological polar surface area (TPSA) is 80.7 Å². The van der Waals surface area contributed by atoms with E-state index in [1.807, 2.05) is 18.2 Å². The Morgan fingerprint density at radius 1 is 0.958 bits per heavy atom. The molecule has 24 heavy (non-hydrogen) atoms. The van der Waals surface area contributed by atoms with E-state index >= 15 is 0 Å². The van der Waals surface area contributed by atoms with Crippen LogP contribution in [0.25, 0.3) is 21.9 Å². The van der Waals surface area contributed by atoms with Gasteiger partial charge < -0.3 is 13.9 Å². The van der Waals surface area contributed by atoms with E-state index < -0.39 is 11.4 Å². The number of rotatable bonds is 3. The lowest BCUT2D eigenvalue weighted by atomic mass is 10.1. The molecule has 0 saturated carbocycles. The lowest BCUT2D eigenvalue weighted by Crippen LogP contribution is -2.16. The van der Waals surface area contributed by atoms with Crippen molar-refractivity contribution in [2.75, 3.05) is 0 Å². The number of carbonyl (C=O) groups excluding carboxylic acids is 1. The summed E-state index contributed by atoms with van der Waals surface area (Å²) in [5.74, 6) is -0.484. The molecule has 4 rings (SSSR count).